The SMILES string of the molecule is N#CCc1c[nH]c(C(F)F)c(C#N)c1=O. The Morgan fingerprint density at radius 3 is 2.60 bits per heavy atom. The summed E-state index contributed by atoms with van der Waals surface area (Å²) in [6.07, 6.45) is -2.09. The van der Waals surface area contributed by atoms with Gasteiger partial charge in [-0.2, -0.15) is 10.5 Å². The highest BCUT2D eigenvalue weighted by Crippen LogP contribution is 2.17. The van der Waals surface area contributed by atoms with E-state index in [0.717, 1.165) is 6.20 Å². The van der Waals surface area contributed by atoms with Gasteiger partial charge in [0, 0.05) is 11.8 Å². The minimum atomic E-state index is -2.91. The molecule has 0 spiro atoms. The summed E-state index contributed by atoms with van der Waals surface area (Å²) in [5, 5.41) is 16.9. The molecular formula is C9H5F2N3O. The minimum Gasteiger partial charge on any atom is -0.359 e. The van der Waals surface area contributed by atoms with Crippen molar-refractivity contribution in [2.45, 2.75) is 12.8 Å². The van der Waals surface area contributed by atoms with E-state index in [2.05, 4.69) is 4.98 Å². The van der Waals surface area contributed by atoms with Crippen molar-refractivity contribution in [1.29, 1.82) is 10.5 Å². The second-order valence-electron chi connectivity index (χ2n) is 2.68. The molecule has 1 aromatic rings. The highest BCUT2D eigenvalue weighted by Gasteiger charge is 2.18. The Morgan fingerprint density at radius 2 is 2.13 bits per heavy atom. The normalized spacial score (nSPS) is 9.67. The third-order valence-corrected chi connectivity index (χ3v) is 1.79. The van der Waals surface area contributed by atoms with Crippen LogP contribution in [0.5, 0.6) is 0 Å². The van der Waals surface area contributed by atoms with Crippen LogP contribution >= 0.6 is 0 Å². The second kappa shape index (κ2) is 4.34. The molecule has 0 aromatic carbocycles. The Hall–Kier alpha value is -2.21. The predicted octanol–water partition coefficient (Wildman–Crippen LogP) is 1.25. The van der Waals surface area contributed by atoms with E-state index < -0.39 is 23.1 Å². The third kappa shape index (κ3) is 2.00. The van der Waals surface area contributed by atoms with Crippen LogP contribution in [0, 0.1) is 22.7 Å². The van der Waals surface area contributed by atoms with Crippen molar-refractivity contribution in [3.63, 3.8) is 0 Å². The van der Waals surface area contributed by atoms with Crippen LogP contribution in [0.1, 0.15) is 23.2 Å². The number of hydrogen-bond acceptors (Lipinski definition) is 3. The largest absolute Gasteiger partial charge is 0.359 e. The van der Waals surface area contributed by atoms with E-state index in [1.807, 2.05) is 0 Å². The molecule has 0 atom stereocenters. The van der Waals surface area contributed by atoms with E-state index in [1.54, 1.807) is 6.07 Å². The van der Waals surface area contributed by atoms with E-state index in [-0.39, 0.29) is 12.0 Å². The highest BCUT2D eigenvalue weighted by molar-refractivity contribution is 5.37. The molecular weight excluding hydrogens is 204 g/mol. The predicted molar refractivity (Wildman–Crippen MR) is 46.1 cm³/mol. The summed E-state index contributed by atoms with van der Waals surface area (Å²) in [4.78, 5) is 13.5. The van der Waals surface area contributed by atoms with Gasteiger partial charge in [0.15, 0.2) is 0 Å². The van der Waals surface area contributed by atoms with Crippen LogP contribution in [0.2, 0.25) is 0 Å². The first-order valence-electron chi connectivity index (χ1n) is 3.91. The Morgan fingerprint density at radius 1 is 1.47 bits per heavy atom. The van der Waals surface area contributed by atoms with Gasteiger partial charge in [-0.05, 0) is 0 Å². The van der Waals surface area contributed by atoms with Gasteiger partial charge in [-0.15, -0.1) is 0 Å². The lowest BCUT2D eigenvalue weighted by Crippen LogP contribution is -2.16. The lowest BCUT2D eigenvalue weighted by atomic mass is 10.1. The summed E-state index contributed by atoms with van der Waals surface area (Å²) in [6, 6.07) is 3.12. The molecule has 0 amide bonds. The van der Waals surface area contributed by atoms with Gasteiger partial charge in [0.05, 0.1) is 12.5 Å². The van der Waals surface area contributed by atoms with E-state index in [9.17, 15) is 13.6 Å². The monoisotopic (exact) mass is 209 g/mol. The number of nitrogens with zero attached hydrogens (tertiary/aromatic N) is 2. The van der Waals surface area contributed by atoms with Crippen molar-refractivity contribution in [2.75, 3.05) is 0 Å². The molecule has 1 rings (SSSR count). The molecule has 6 heteroatoms. The minimum absolute atomic E-state index is 0.0125. The molecule has 0 fully saturated rings. The van der Waals surface area contributed by atoms with Gasteiger partial charge < -0.3 is 4.98 Å². The van der Waals surface area contributed by atoms with E-state index >= 15 is 0 Å². The molecule has 1 N–H and O–H groups in total. The highest BCUT2D eigenvalue weighted by atomic mass is 19.3. The Balaban J connectivity index is 3.43. The maximum absolute atomic E-state index is 12.3. The summed E-state index contributed by atoms with van der Waals surface area (Å²) in [5.41, 5.74) is -2.13. The van der Waals surface area contributed by atoms with Crippen molar-refractivity contribution in [3.8, 4) is 12.1 Å². The Kier molecular flexibility index (Phi) is 3.14. The number of halogens is 2. The molecule has 1 heterocycles. The van der Waals surface area contributed by atoms with Crippen LogP contribution in [0.3, 0.4) is 0 Å². The Labute approximate surface area is 83.4 Å². The average Bonchev–Trinajstić information content (AvgIpc) is 2.20. The summed E-state index contributed by atoms with van der Waals surface area (Å²) in [7, 11) is 0. The van der Waals surface area contributed by atoms with E-state index in [4.69, 9.17) is 10.5 Å². The van der Waals surface area contributed by atoms with Gasteiger partial charge in [0.25, 0.3) is 6.43 Å². The first kappa shape index (κ1) is 10.9. The van der Waals surface area contributed by atoms with Crippen LogP contribution in [0.4, 0.5) is 8.78 Å². The molecule has 0 aliphatic rings. The average molecular weight is 209 g/mol. The van der Waals surface area contributed by atoms with Crippen molar-refractivity contribution < 1.29 is 8.78 Å². The number of aromatic amines is 1. The molecule has 0 unspecified atom stereocenters. The van der Waals surface area contributed by atoms with Gasteiger partial charge in [-0.25, -0.2) is 8.78 Å². The number of aromatic nitrogens is 1. The van der Waals surface area contributed by atoms with Gasteiger partial charge in [0.1, 0.15) is 17.3 Å². The van der Waals surface area contributed by atoms with E-state index in [1.165, 1.54) is 6.07 Å². The molecule has 4 nitrogen and oxygen atoms in total. The molecule has 0 saturated heterocycles. The number of alkyl halides is 2. The summed E-state index contributed by atoms with van der Waals surface area (Å²) < 4.78 is 24.7. The first-order chi connectivity index (χ1) is 7.11. The van der Waals surface area contributed by atoms with Gasteiger partial charge in [-0.1, -0.05) is 0 Å². The van der Waals surface area contributed by atoms with Crippen LogP contribution in [-0.2, 0) is 6.42 Å². The lowest BCUT2D eigenvalue weighted by molar-refractivity contribution is 0.145. The number of hydrogen-bond donors (Lipinski definition) is 1. The molecule has 0 aliphatic carbocycles. The summed E-state index contributed by atoms with van der Waals surface area (Å²) in [6.45, 7) is 0. The molecule has 76 valence electrons. The molecule has 1 aromatic heterocycles. The van der Waals surface area contributed by atoms with Crippen LogP contribution in [0.25, 0.3) is 0 Å². The fraction of sp³-hybridized carbons (Fsp3) is 0.222. The molecule has 0 bridgehead atoms. The zero-order valence-electron chi connectivity index (χ0n) is 7.42. The number of H-pyrrole nitrogens is 1. The lowest BCUT2D eigenvalue weighted by Gasteiger charge is -2.03. The summed E-state index contributed by atoms with van der Waals surface area (Å²) in [5.74, 6) is 0. The quantitative estimate of drug-likeness (QED) is 0.795. The zero-order valence-corrected chi connectivity index (χ0v) is 7.42. The summed E-state index contributed by atoms with van der Waals surface area (Å²) >= 11 is 0. The first-order valence-corrected chi connectivity index (χ1v) is 3.91. The second-order valence-corrected chi connectivity index (χ2v) is 2.68. The van der Waals surface area contributed by atoms with Crippen LogP contribution in [0.15, 0.2) is 11.0 Å². The van der Waals surface area contributed by atoms with Crippen molar-refractivity contribution in [1.82, 2.24) is 4.98 Å². The number of nitrogens with one attached hydrogen (secondary N) is 1. The third-order valence-electron chi connectivity index (χ3n) is 1.79. The standard InChI is InChI=1S/C9H5F2N3O/c10-9(11)7-6(3-13)8(15)5(1-2-12)4-14-7/h4,9H,1H2,(H,14,15). The van der Waals surface area contributed by atoms with Crippen LogP contribution in [-0.4, -0.2) is 4.98 Å². The molecule has 0 saturated carbocycles. The van der Waals surface area contributed by atoms with Crippen molar-refractivity contribution in [3.05, 3.63) is 33.2 Å². The maximum atomic E-state index is 12.3. The fourth-order valence-electron chi connectivity index (χ4n) is 1.09. The Bertz CT molecular complexity index is 508. The smallest absolute Gasteiger partial charge is 0.279 e. The topological polar surface area (TPSA) is 80.4 Å². The van der Waals surface area contributed by atoms with Crippen LogP contribution < -0.4 is 5.43 Å². The number of rotatable bonds is 2. The van der Waals surface area contributed by atoms with Gasteiger partial charge in [-0.3, -0.25) is 4.79 Å². The van der Waals surface area contributed by atoms with Crippen molar-refractivity contribution >= 4 is 0 Å². The van der Waals surface area contributed by atoms with Crippen molar-refractivity contribution in [2.24, 2.45) is 0 Å². The molecule has 15 heavy (non-hydrogen) atoms. The number of nitriles is 2. The fourth-order valence-corrected chi connectivity index (χ4v) is 1.09. The van der Waals surface area contributed by atoms with Gasteiger partial charge in [0.2, 0.25) is 5.43 Å². The zero-order chi connectivity index (χ0) is 11.4. The molecule has 0 radical (unpaired) electrons. The molecule has 0 aliphatic heterocycles. The van der Waals surface area contributed by atoms with E-state index in [0.29, 0.717) is 0 Å². The maximum Gasteiger partial charge on any atom is 0.279 e. The number of pyridine rings is 1. The van der Waals surface area contributed by atoms with Gasteiger partial charge >= 0.3 is 0 Å².